The monoisotopic (exact) mass is 821 g/mol. The molecule has 55 heavy (non-hydrogen) atoms. The fourth-order valence-corrected chi connectivity index (χ4v) is 9.10. The van der Waals surface area contributed by atoms with Gasteiger partial charge >= 0.3 is 0 Å². The van der Waals surface area contributed by atoms with Crippen molar-refractivity contribution in [2.24, 2.45) is 5.16 Å². The Morgan fingerprint density at radius 1 is 1.25 bits per heavy atom. The number of benzene rings is 2. The number of thiazole rings is 1. The molecule has 0 saturated carbocycles. The largest absolute Gasteiger partial charge is 0.504 e. The number of β-lactam (4-membered cyclic amide) rings is 1. The third-order valence-electron chi connectivity index (χ3n) is 8.52. The number of phenols is 2. The normalized spacial score (nSPS) is 17.2. The van der Waals surface area contributed by atoms with Gasteiger partial charge in [-0.15, -0.1) is 45.1 Å². The molecule has 3 aromatic heterocycles. The number of nitrogens with zero attached hydrogens (tertiary/aromatic N) is 7. The summed E-state index contributed by atoms with van der Waals surface area (Å²) in [5, 5.41) is 42.8. The number of amides is 2. The van der Waals surface area contributed by atoms with Crippen LogP contribution < -0.4 is 15.6 Å². The van der Waals surface area contributed by atoms with Crippen molar-refractivity contribution in [1.82, 2.24) is 35.8 Å². The summed E-state index contributed by atoms with van der Waals surface area (Å²) in [6.45, 7) is 2.88. The number of aromatic hydroxyl groups is 2. The molecule has 21 heteroatoms. The fourth-order valence-electron chi connectivity index (χ4n) is 5.76. The highest BCUT2D eigenvalue weighted by Gasteiger charge is 2.54. The second-order valence-electron chi connectivity index (χ2n) is 12.7. The van der Waals surface area contributed by atoms with Crippen LogP contribution in [-0.4, -0.2) is 98.8 Å². The highest BCUT2D eigenvalue weighted by atomic mass is 35.5. The van der Waals surface area contributed by atoms with Crippen LogP contribution in [-0.2, 0) is 25.8 Å². The molecule has 1 saturated heterocycles. The maximum absolute atomic E-state index is 13.8. The molecule has 6 N–H and O–H groups in total. The predicted molar refractivity (Wildman–Crippen MR) is 204 cm³/mol. The number of aromatic amines is 1. The van der Waals surface area contributed by atoms with E-state index in [-0.39, 0.29) is 45.3 Å². The van der Waals surface area contributed by atoms with E-state index in [0.29, 0.717) is 23.5 Å². The van der Waals surface area contributed by atoms with Crippen molar-refractivity contribution >= 4 is 97.8 Å². The Kier molecular flexibility index (Phi) is 10.5. The van der Waals surface area contributed by atoms with Gasteiger partial charge in [0.05, 0.1) is 16.1 Å². The summed E-state index contributed by atoms with van der Waals surface area (Å²) in [5.41, 5.74) is 6.53. The summed E-state index contributed by atoms with van der Waals surface area (Å²) in [7, 11) is 0. The average Bonchev–Trinajstić information content (AvgIpc) is 3.88. The number of halogens is 1. The van der Waals surface area contributed by atoms with Crippen LogP contribution in [0.5, 0.6) is 11.5 Å². The molecule has 2 aromatic carbocycles. The molecule has 2 aliphatic rings. The zero-order valence-electron chi connectivity index (χ0n) is 28.8. The van der Waals surface area contributed by atoms with Gasteiger partial charge in [-0.25, -0.2) is 4.98 Å². The number of thioether (sulfide) groups is 2. The minimum Gasteiger partial charge on any atom is -0.504 e. The van der Waals surface area contributed by atoms with Gasteiger partial charge < -0.3 is 26.1 Å². The number of H-pyrrole nitrogens is 1. The fraction of sp³-hybridized carbons (Fsp3) is 0.235. The Labute approximate surface area is 329 Å². The van der Waals surface area contributed by atoms with Crippen molar-refractivity contribution in [2.75, 3.05) is 17.2 Å². The number of aromatic nitrogens is 6. The summed E-state index contributed by atoms with van der Waals surface area (Å²) >= 11 is 10.2. The van der Waals surface area contributed by atoms with Crippen molar-refractivity contribution < 1.29 is 38.8 Å². The standard InChI is InChI=1S/C34H29ClN10O7S3/c1-34(2,15-46)52-41-25(19-14-55-33(36)37-19)30(50)38-26-31(51)45-27(29-39-42-43-40-29)16(13-54-32(26)45)12-53-23-9-10-44(20-6-4-3-5-17(20)23)11-22(48)18-7-8-21(47)28(49)24(18)35/h3-10,14-15,26,32H,11-13H2,1-2H3,(H5-,36,37,38,39,40,41,42,43,47,48,49,50)/p+1/t26-,32-/m1/s1. The van der Waals surface area contributed by atoms with Crippen molar-refractivity contribution in [3.8, 4) is 11.5 Å². The summed E-state index contributed by atoms with van der Waals surface area (Å²) in [6.07, 6.45) is 2.32. The van der Waals surface area contributed by atoms with Crippen molar-refractivity contribution in [3.63, 3.8) is 0 Å². The predicted octanol–water partition coefficient (Wildman–Crippen LogP) is 2.93. The number of nitrogens with one attached hydrogen (secondary N) is 2. The number of para-hydroxylation sites is 1. The topological polar surface area (TPSA) is 243 Å². The number of nitrogens with two attached hydrogens (primary N) is 1. The molecule has 5 aromatic rings. The molecule has 0 bridgehead atoms. The van der Waals surface area contributed by atoms with Crippen molar-refractivity contribution in [1.29, 1.82) is 0 Å². The third kappa shape index (κ3) is 7.44. The highest BCUT2D eigenvalue weighted by Crippen LogP contribution is 2.45. The number of Topliss-reactive ketones (excluding diaryl/α,β-unsaturated/α-hetero) is 1. The first-order valence-corrected chi connectivity index (χ1v) is 19.6. The Hall–Kier alpha value is -5.57. The van der Waals surface area contributed by atoms with Crippen LogP contribution in [0.2, 0.25) is 5.02 Å². The van der Waals surface area contributed by atoms with Gasteiger partial charge in [-0.2, -0.15) is 9.78 Å². The van der Waals surface area contributed by atoms with Crippen LogP contribution in [0.1, 0.15) is 35.7 Å². The number of rotatable bonds is 13. The molecule has 2 atom stereocenters. The lowest BCUT2D eigenvalue weighted by Gasteiger charge is -2.49. The van der Waals surface area contributed by atoms with E-state index in [2.05, 4.69) is 36.1 Å². The summed E-state index contributed by atoms with van der Waals surface area (Å²) in [6, 6.07) is 11.1. The second kappa shape index (κ2) is 15.3. The summed E-state index contributed by atoms with van der Waals surface area (Å²) < 4.78 is 1.77. The smallest absolute Gasteiger partial charge is 0.276 e. The molecule has 1 fully saturated rings. The van der Waals surface area contributed by atoms with E-state index in [1.54, 1.807) is 15.7 Å². The van der Waals surface area contributed by atoms with Gasteiger partial charge in [0.15, 0.2) is 40.4 Å². The van der Waals surface area contributed by atoms with Crippen LogP contribution in [0.15, 0.2) is 69.7 Å². The molecule has 5 heterocycles. The van der Waals surface area contributed by atoms with E-state index >= 15 is 0 Å². The van der Waals surface area contributed by atoms with Crippen LogP contribution >= 0.6 is 46.5 Å². The Bertz CT molecular complexity index is 2420. The SMILES string of the molecule is CC(C)(C=O)O/N=C(\C(=O)N[C@@H]1C(=O)N2C(c3nn[nH]n3)=C(CSc3cc[n+](CC(=O)c4ccc(O)c(O)c4Cl)c4ccccc34)CS[C@H]12)c1csc(N)n1. The number of oxime groups is 1. The number of phenolic OH excluding ortho intramolecular Hbond substituents is 2. The number of anilines is 1. The second-order valence-corrected chi connectivity index (χ2v) is 16.1. The Morgan fingerprint density at radius 3 is 2.78 bits per heavy atom. The third-order valence-corrected chi connectivity index (χ3v) is 12.1. The number of aldehydes is 1. The molecule has 0 spiro atoms. The van der Waals surface area contributed by atoms with Crippen LogP contribution in [0.4, 0.5) is 5.13 Å². The number of pyridine rings is 1. The maximum Gasteiger partial charge on any atom is 0.276 e. The first-order valence-electron chi connectivity index (χ1n) is 16.3. The van der Waals surface area contributed by atoms with Gasteiger partial charge in [0.25, 0.3) is 11.8 Å². The zero-order valence-corrected chi connectivity index (χ0v) is 32.0. The van der Waals surface area contributed by atoms with Gasteiger partial charge in [0, 0.05) is 39.5 Å². The van der Waals surface area contributed by atoms with E-state index < -0.39 is 40.3 Å². The summed E-state index contributed by atoms with van der Waals surface area (Å²) in [5.74, 6) is -1.36. The number of fused-ring (bicyclic) bond motifs is 2. The highest BCUT2D eigenvalue weighted by molar-refractivity contribution is 8.01. The van der Waals surface area contributed by atoms with Gasteiger partial charge in [-0.1, -0.05) is 28.9 Å². The Balaban J connectivity index is 1.11. The molecule has 0 radical (unpaired) electrons. The van der Waals surface area contributed by atoms with Crippen molar-refractivity contribution in [3.05, 3.63) is 81.7 Å². The molecular weight excluding hydrogens is 792 g/mol. The number of hydrogen-bond donors (Lipinski definition) is 5. The van der Waals surface area contributed by atoms with E-state index in [1.165, 1.54) is 54.9 Å². The lowest BCUT2D eigenvalue weighted by Crippen LogP contribution is -2.70. The van der Waals surface area contributed by atoms with Crippen LogP contribution in [0.3, 0.4) is 0 Å². The molecule has 282 valence electrons. The number of carbonyl (C=O) groups excluding carboxylic acids is 4. The molecule has 0 aliphatic carbocycles. The van der Waals surface area contributed by atoms with Crippen LogP contribution in [0.25, 0.3) is 16.6 Å². The molecule has 0 unspecified atom stereocenters. The number of nitrogen functional groups attached to an aromatic ring is 1. The number of ketones is 1. The average molecular weight is 822 g/mol. The van der Waals surface area contributed by atoms with Gasteiger partial charge in [0.1, 0.15) is 17.1 Å². The Morgan fingerprint density at radius 2 is 2.05 bits per heavy atom. The van der Waals surface area contributed by atoms with E-state index in [9.17, 15) is 29.4 Å². The molecular formula is C34H30ClN10O7S3+. The van der Waals surface area contributed by atoms with Gasteiger partial charge in [-0.05, 0) is 42.8 Å². The minimum atomic E-state index is -1.32. The first kappa shape index (κ1) is 37.7. The quantitative estimate of drug-likeness (QED) is 0.0168. The first-order chi connectivity index (χ1) is 26.4. The summed E-state index contributed by atoms with van der Waals surface area (Å²) in [4.78, 5) is 63.9. The van der Waals surface area contributed by atoms with Gasteiger partial charge in [-0.3, -0.25) is 24.1 Å². The van der Waals surface area contributed by atoms with E-state index in [4.69, 9.17) is 22.2 Å². The van der Waals surface area contributed by atoms with Crippen molar-refractivity contribution in [2.45, 2.75) is 42.3 Å². The number of carbonyl (C=O) groups is 4. The van der Waals surface area contributed by atoms with E-state index in [0.717, 1.165) is 32.7 Å². The molecule has 2 aliphatic heterocycles. The number of tetrazole rings is 1. The molecule has 2 amide bonds. The minimum absolute atomic E-state index is 0.0780. The molecule has 7 rings (SSSR count). The van der Waals surface area contributed by atoms with Crippen LogP contribution in [0, 0.1) is 0 Å². The zero-order chi connectivity index (χ0) is 39.0. The van der Waals surface area contributed by atoms with Gasteiger partial charge in [0.2, 0.25) is 23.7 Å². The van der Waals surface area contributed by atoms with E-state index in [1.807, 2.05) is 30.3 Å². The lowest BCUT2D eigenvalue weighted by molar-refractivity contribution is -0.657. The lowest BCUT2D eigenvalue weighted by atomic mass is 10.0. The number of hydrogen-bond acceptors (Lipinski definition) is 16. The molecule has 17 nitrogen and oxygen atoms in total. The maximum atomic E-state index is 13.8.